The molecular formula is C17H19N7OS. The normalized spacial score (nSPS) is 10.4. The zero-order chi connectivity index (χ0) is 18.5. The maximum absolute atomic E-state index is 5.88. The molecule has 5 N–H and O–H groups in total. The lowest BCUT2D eigenvalue weighted by Gasteiger charge is -2.10. The van der Waals surface area contributed by atoms with Crippen molar-refractivity contribution in [1.29, 1.82) is 0 Å². The Morgan fingerprint density at radius 1 is 1.19 bits per heavy atom. The lowest BCUT2D eigenvalue weighted by molar-refractivity contribution is 0.415. The SMILES string of the molecule is CCNC(=S)Nc1cnc2ccc(Nc3cc(N)cc(OC)c3)nc2n1. The first-order chi connectivity index (χ1) is 12.6. The van der Waals surface area contributed by atoms with E-state index in [2.05, 4.69) is 30.9 Å². The van der Waals surface area contributed by atoms with Crippen molar-refractivity contribution in [2.24, 2.45) is 0 Å². The van der Waals surface area contributed by atoms with E-state index in [-0.39, 0.29) is 0 Å². The summed E-state index contributed by atoms with van der Waals surface area (Å²) in [4.78, 5) is 13.3. The molecule has 0 spiro atoms. The molecule has 0 unspecified atom stereocenters. The van der Waals surface area contributed by atoms with Crippen LogP contribution in [0.1, 0.15) is 6.92 Å². The van der Waals surface area contributed by atoms with Gasteiger partial charge in [0.2, 0.25) is 0 Å². The first kappa shape index (κ1) is 17.6. The van der Waals surface area contributed by atoms with Crippen LogP contribution >= 0.6 is 12.2 Å². The summed E-state index contributed by atoms with van der Waals surface area (Å²) >= 11 is 5.16. The van der Waals surface area contributed by atoms with Crippen LogP contribution < -0.4 is 26.4 Å². The van der Waals surface area contributed by atoms with Gasteiger partial charge in [0, 0.05) is 30.1 Å². The van der Waals surface area contributed by atoms with Crippen molar-refractivity contribution in [1.82, 2.24) is 20.3 Å². The van der Waals surface area contributed by atoms with E-state index in [1.54, 1.807) is 25.4 Å². The number of nitrogens with one attached hydrogen (secondary N) is 3. The molecule has 0 amide bonds. The molecule has 0 aliphatic heterocycles. The van der Waals surface area contributed by atoms with Crippen LogP contribution in [0.4, 0.5) is 23.0 Å². The average molecular weight is 369 g/mol. The molecule has 3 rings (SSSR count). The number of thiocarbonyl (C=S) groups is 1. The highest BCUT2D eigenvalue weighted by Gasteiger charge is 2.06. The number of fused-ring (bicyclic) bond motifs is 1. The van der Waals surface area contributed by atoms with E-state index in [9.17, 15) is 0 Å². The summed E-state index contributed by atoms with van der Waals surface area (Å²) in [5, 5.41) is 9.66. The van der Waals surface area contributed by atoms with Crippen LogP contribution in [-0.4, -0.2) is 33.7 Å². The minimum Gasteiger partial charge on any atom is -0.497 e. The number of hydrogen-bond acceptors (Lipinski definition) is 7. The average Bonchev–Trinajstić information content (AvgIpc) is 2.61. The molecule has 8 nitrogen and oxygen atoms in total. The van der Waals surface area contributed by atoms with E-state index in [0.29, 0.717) is 39.3 Å². The molecule has 2 aromatic heterocycles. The van der Waals surface area contributed by atoms with Crippen molar-refractivity contribution in [3.8, 4) is 5.75 Å². The van der Waals surface area contributed by atoms with Crippen LogP contribution in [-0.2, 0) is 0 Å². The van der Waals surface area contributed by atoms with Gasteiger partial charge in [0.05, 0.1) is 13.3 Å². The molecule has 0 radical (unpaired) electrons. The zero-order valence-corrected chi connectivity index (χ0v) is 15.2. The first-order valence-electron chi connectivity index (χ1n) is 7.97. The van der Waals surface area contributed by atoms with Gasteiger partial charge in [-0.1, -0.05) is 0 Å². The summed E-state index contributed by atoms with van der Waals surface area (Å²) in [6.07, 6.45) is 1.61. The summed E-state index contributed by atoms with van der Waals surface area (Å²) in [5.74, 6) is 1.81. The summed E-state index contributed by atoms with van der Waals surface area (Å²) in [5.41, 5.74) is 8.42. The van der Waals surface area contributed by atoms with Gasteiger partial charge in [-0.15, -0.1) is 0 Å². The minimum atomic E-state index is 0.488. The molecule has 1 aromatic carbocycles. The maximum atomic E-state index is 5.88. The van der Waals surface area contributed by atoms with Crippen LogP contribution in [0.5, 0.6) is 5.75 Å². The second-order valence-electron chi connectivity index (χ2n) is 5.40. The molecule has 0 atom stereocenters. The van der Waals surface area contributed by atoms with E-state index in [0.717, 1.165) is 12.2 Å². The number of nitrogens with zero attached hydrogens (tertiary/aromatic N) is 3. The standard InChI is InChI=1S/C17H19N7OS/c1-3-19-17(26)24-15-9-20-13-4-5-14(22-16(13)23-15)21-11-6-10(18)7-12(8-11)25-2/h4-9H,3,18H2,1-2H3,(H3,19,21,22,23,24,26). The van der Waals surface area contributed by atoms with Gasteiger partial charge in [-0.3, -0.25) is 0 Å². The van der Waals surface area contributed by atoms with Crippen LogP contribution in [0.3, 0.4) is 0 Å². The van der Waals surface area contributed by atoms with Gasteiger partial charge in [0.1, 0.15) is 17.1 Å². The number of nitrogens with two attached hydrogens (primary N) is 1. The molecule has 0 saturated carbocycles. The Kier molecular flexibility index (Phi) is 5.28. The second-order valence-corrected chi connectivity index (χ2v) is 5.81. The Balaban J connectivity index is 1.85. The smallest absolute Gasteiger partial charge is 0.182 e. The fourth-order valence-corrected chi connectivity index (χ4v) is 2.56. The fourth-order valence-electron chi connectivity index (χ4n) is 2.31. The van der Waals surface area contributed by atoms with Crippen molar-refractivity contribution in [2.45, 2.75) is 6.92 Å². The number of aromatic nitrogens is 3. The number of methoxy groups -OCH3 is 1. The zero-order valence-electron chi connectivity index (χ0n) is 14.4. The van der Waals surface area contributed by atoms with Crippen molar-refractivity contribution >= 4 is 51.5 Å². The van der Waals surface area contributed by atoms with Gasteiger partial charge >= 0.3 is 0 Å². The number of pyridine rings is 1. The Morgan fingerprint density at radius 2 is 2.00 bits per heavy atom. The van der Waals surface area contributed by atoms with Crippen molar-refractivity contribution < 1.29 is 4.74 Å². The molecule has 3 aromatic rings. The number of ether oxygens (including phenoxy) is 1. The van der Waals surface area contributed by atoms with Gasteiger partial charge in [-0.05, 0) is 37.3 Å². The number of rotatable bonds is 5. The molecule has 0 aliphatic rings. The van der Waals surface area contributed by atoms with Crippen LogP contribution in [0, 0.1) is 0 Å². The second kappa shape index (κ2) is 7.79. The van der Waals surface area contributed by atoms with Gasteiger partial charge in [0.15, 0.2) is 16.6 Å². The largest absolute Gasteiger partial charge is 0.497 e. The molecule has 0 saturated heterocycles. The third kappa shape index (κ3) is 4.25. The molecule has 2 heterocycles. The highest BCUT2D eigenvalue weighted by molar-refractivity contribution is 7.80. The predicted molar refractivity (Wildman–Crippen MR) is 108 cm³/mol. The molecule has 26 heavy (non-hydrogen) atoms. The quantitative estimate of drug-likeness (QED) is 0.398. The van der Waals surface area contributed by atoms with Gasteiger partial charge in [0.25, 0.3) is 0 Å². The highest BCUT2D eigenvalue weighted by atomic mass is 32.1. The lowest BCUT2D eigenvalue weighted by Crippen LogP contribution is -2.28. The minimum absolute atomic E-state index is 0.488. The molecule has 0 aliphatic carbocycles. The van der Waals surface area contributed by atoms with Crippen molar-refractivity contribution in [2.75, 3.05) is 30.0 Å². The molecule has 0 bridgehead atoms. The van der Waals surface area contributed by atoms with Crippen LogP contribution in [0.15, 0.2) is 36.5 Å². The van der Waals surface area contributed by atoms with Crippen molar-refractivity contribution in [3.05, 3.63) is 36.5 Å². The topological polar surface area (TPSA) is 110 Å². The third-order valence-electron chi connectivity index (χ3n) is 3.42. The van der Waals surface area contributed by atoms with E-state index in [1.165, 1.54) is 0 Å². The highest BCUT2D eigenvalue weighted by Crippen LogP contribution is 2.25. The Hall–Kier alpha value is -3.20. The third-order valence-corrected chi connectivity index (χ3v) is 3.67. The molecule has 0 fully saturated rings. The molecule has 134 valence electrons. The Labute approximate surface area is 156 Å². The summed E-state index contributed by atoms with van der Waals surface area (Å²) < 4.78 is 5.23. The molecule has 9 heteroatoms. The van der Waals surface area contributed by atoms with E-state index in [4.69, 9.17) is 22.7 Å². The van der Waals surface area contributed by atoms with Gasteiger partial charge in [-0.2, -0.15) is 0 Å². The fraction of sp³-hybridized carbons (Fsp3) is 0.176. The number of nitrogen functional groups attached to an aromatic ring is 1. The lowest BCUT2D eigenvalue weighted by atomic mass is 10.2. The Bertz CT molecular complexity index is 948. The first-order valence-corrected chi connectivity index (χ1v) is 8.38. The summed E-state index contributed by atoms with van der Waals surface area (Å²) in [7, 11) is 1.59. The Morgan fingerprint density at radius 3 is 2.77 bits per heavy atom. The number of anilines is 4. The van der Waals surface area contributed by atoms with E-state index < -0.39 is 0 Å². The van der Waals surface area contributed by atoms with Crippen LogP contribution in [0.2, 0.25) is 0 Å². The number of benzene rings is 1. The summed E-state index contributed by atoms with van der Waals surface area (Å²) in [6.45, 7) is 2.69. The molecular weight excluding hydrogens is 350 g/mol. The number of hydrogen-bond donors (Lipinski definition) is 4. The maximum Gasteiger partial charge on any atom is 0.182 e. The van der Waals surface area contributed by atoms with Crippen LogP contribution in [0.25, 0.3) is 11.2 Å². The summed E-state index contributed by atoms with van der Waals surface area (Å²) in [6, 6.07) is 9.04. The van der Waals surface area contributed by atoms with Gasteiger partial charge in [-0.25, -0.2) is 15.0 Å². The van der Waals surface area contributed by atoms with Gasteiger partial charge < -0.3 is 26.4 Å². The monoisotopic (exact) mass is 369 g/mol. The predicted octanol–water partition coefficient (Wildman–Crippen LogP) is 2.67. The van der Waals surface area contributed by atoms with E-state index >= 15 is 0 Å². The van der Waals surface area contributed by atoms with Crippen molar-refractivity contribution in [3.63, 3.8) is 0 Å². The van der Waals surface area contributed by atoms with E-state index in [1.807, 2.05) is 25.1 Å².